The first-order valence-electron chi connectivity index (χ1n) is 6.49. The van der Waals surface area contributed by atoms with E-state index in [0.717, 1.165) is 25.3 Å². The van der Waals surface area contributed by atoms with Crippen molar-refractivity contribution in [3.8, 4) is 5.75 Å². The van der Waals surface area contributed by atoms with Crippen LogP contribution in [-0.2, 0) is 6.54 Å². The van der Waals surface area contributed by atoms with Gasteiger partial charge in [-0.25, -0.2) is 0 Å². The van der Waals surface area contributed by atoms with E-state index in [2.05, 4.69) is 24.4 Å². The van der Waals surface area contributed by atoms with Crippen LogP contribution in [0.3, 0.4) is 0 Å². The molecule has 0 bridgehead atoms. The summed E-state index contributed by atoms with van der Waals surface area (Å²) in [6, 6.07) is 8.13. The zero-order valence-electron chi connectivity index (χ0n) is 11.3. The van der Waals surface area contributed by atoms with E-state index in [9.17, 15) is 0 Å². The predicted molar refractivity (Wildman–Crippen MR) is 74.3 cm³/mol. The minimum Gasteiger partial charge on any atom is -0.492 e. The van der Waals surface area contributed by atoms with Crippen LogP contribution in [0.25, 0.3) is 0 Å². The van der Waals surface area contributed by atoms with Crippen molar-refractivity contribution in [3.05, 3.63) is 29.8 Å². The van der Waals surface area contributed by atoms with Crippen LogP contribution >= 0.6 is 0 Å². The first-order chi connectivity index (χ1) is 8.36. The summed E-state index contributed by atoms with van der Waals surface area (Å²) in [5, 5.41) is 3.35. The average Bonchev–Trinajstić information content (AvgIpc) is 2.40. The van der Waals surface area contributed by atoms with Gasteiger partial charge >= 0.3 is 0 Å². The minimum atomic E-state index is 0.555. The lowest BCUT2D eigenvalue weighted by atomic mass is 10.2. The molecule has 0 heterocycles. The quantitative estimate of drug-likeness (QED) is 0.718. The number of nitrogens with two attached hydrogens (primary N) is 1. The Morgan fingerprint density at radius 2 is 1.82 bits per heavy atom. The highest BCUT2D eigenvalue weighted by Gasteiger charge is 1.94. The molecule has 3 nitrogen and oxygen atoms in total. The molecule has 0 aliphatic heterocycles. The molecule has 0 fully saturated rings. The largest absolute Gasteiger partial charge is 0.492 e. The number of benzene rings is 1. The van der Waals surface area contributed by atoms with Gasteiger partial charge in [-0.3, -0.25) is 0 Å². The summed E-state index contributed by atoms with van der Waals surface area (Å²) in [6.07, 6.45) is 1.16. The molecule has 1 aromatic rings. The molecule has 98 valence electrons. The summed E-state index contributed by atoms with van der Waals surface area (Å²) in [6.45, 7) is 9.28. The van der Waals surface area contributed by atoms with Crippen LogP contribution in [0.4, 0.5) is 0 Å². The highest BCUT2D eigenvalue weighted by molar-refractivity contribution is 5.27. The van der Waals surface area contributed by atoms with Crippen LogP contribution in [-0.4, -0.2) is 19.7 Å². The van der Waals surface area contributed by atoms with Gasteiger partial charge in [0.15, 0.2) is 0 Å². The van der Waals surface area contributed by atoms with Gasteiger partial charge in [0, 0.05) is 13.1 Å². The summed E-state index contributed by atoms with van der Waals surface area (Å²) >= 11 is 0. The zero-order valence-corrected chi connectivity index (χ0v) is 11.3. The number of hydrogen-bond acceptors (Lipinski definition) is 3. The van der Waals surface area contributed by atoms with Gasteiger partial charge in [0.1, 0.15) is 12.4 Å². The minimum absolute atomic E-state index is 0.555. The number of ether oxygens (including phenoxy) is 1. The highest BCUT2D eigenvalue weighted by Crippen LogP contribution is 2.11. The van der Waals surface area contributed by atoms with Crippen molar-refractivity contribution in [2.75, 3.05) is 19.7 Å². The Hall–Kier alpha value is -1.06. The van der Waals surface area contributed by atoms with Crippen molar-refractivity contribution >= 4 is 0 Å². The molecule has 3 N–H and O–H groups in total. The Bertz CT molecular complexity index is 259. The molecular formula is C14H26N2O. The zero-order chi connectivity index (χ0) is 12.9. The van der Waals surface area contributed by atoms with E-state index in [4.69, 9.17) is 10.5 Å². The third kappa shape index (κ3) is 7.77. The normalized spacial score (nSPS) is 9.41. The molecule has 0 atom stereocenters. The Labute approximate surface area is 105 Å². The van der Waals surface area contributed by atoms with Crippen LogP contribution in [0.5, 0.6) is 5.75 Å². The Morgan fingerprint density at radius 1 is 1.18 bits per heavy atom. The van der Waals surface area contributed by atoms with E-state index >= 15 is 0 Å². The summed E-state index contributed by atoms with van der Waals surface area (Å²) in [7, 11) is 0. The van der Waals surface area contributed by atoms with Crippen LogP contribution in [0, 0.1) is 0 Å². The van der Waals surface area contributed by atoms with Crippen molar-refractivity contribution in [2.24, 2.45) is 5.73 Å². The maximum atomic E-state index is 5.39. The molecule has 1 aromatic carbocycles. The molecule has 0 amide bonds. The van der Waals surface area contributed by atoms with Crippen molar-refractivity contribution in [3.63, 3.8) is 0 Å². The topological polar surface area (TPSA) is 47.3 Å². The number of hydrogen-bond donors (Lipinski definition) is 2. The van der Waals surface area contributed by atoms with Gasteiger partial charge in [0.2, 0.25) is 0 Å². The molecule has 0 radical (unpaired) electrons. The first-order valence-corrected chi connectivity index (χ1v) is 6.49. The first kappa shape index (κ1) is 15.9. The van der Waals surface area contributed by atoms with Gasteiger partial charge in [-0.2, -0.15) is 0 Å². The molecule has 0 unspecified atom stereocenters. The third-order valence-electron chi connectivity index (χ3n) is 2.07. The third-order valence-corrected chi connectivity index (χ3v) is 2.07. The predicted octanol–water partition coefficient (Wildman–Crippen LogP) is 2.55. The van der Waals surface area contributed by atoms with Crippen molar-refractivity contribution in [1.82, 2.24) is 5.32 Å². The Kier molecular flexibility index (Phi) is 10.7. The average molecular weight is 238 g/mol. The summed E-state index contributed by atoms with van der Waals surface area (Å²) < 4.78 is 5.39. The number of nitrogens with one attached hydrogen (secondary N) is 1. The molecule has 0 aliphatic rings. The number of rotatable bonds is 7. The van der Waals surface area contributed by atoms with Crippen LogP contribution in [0.1, 0.15) is 32.8 Å². The SMILES string of the molecule is CC.CCCNCc1ccc(OCCN)cc1. The van der Waals surface area contributed by atoms with Crippen molar-refractivity contribution in [2.45, 2.75) is 33.7 Å². The van der Waals surface area contributed by atoms with Gasteiger partial charge in [0.05, 0.1) is 0 Å². The fourth-order valence-corrected chi connectivity index (χ4v) is 1.29. The fourth-order valence-electron chi connectivity index (χ4n) is 1.29. The van der Waals surface area contributed by atoms with E-state index in [1.165, 1.54) is 5.56 Å². The molecule has 17 heavy (non-hydrogen) atoms. The molecular weight excluding hydrogens is 212 g/mol. The van der Waals surface area contributed by atoms with Crippen LogP contribution < -0.4 is 15.8 Å². The van der Waals surface area contributed by atoms with Gasteiger partial charge in [-0.1, -0.05) is 32.9 Å². The molecule has 3 heteroatoms. The molecule has 0 saturated heterocycles. The van der Waals surface area contributed by atoms with Crippen LogP contribution in [0.2, 0.25) is 0 Å². The highest BCUT2D eigenvalue weighted by atomic mass is 16.5. The van der Waals surface area contributed by atoms with E-state index in [1.807, 2.05) is 26.0 Å². The van der Waals surface area contributed by atoms with E-state index in [1.54, 1.807) is 0 Å². The fraction of sp³-hybridized carbons (Fsp3) is 0.571. The second-order valence-corrected chi connectivity index (χ2v) is 3.46. The maximum absolute atomic E-state index is 5.39. The van der Waals surface area contributed by atoms with Gasteiger partial charge in [0.25, 0.3) is 0 Å². The summed E-state index contributed by atoms with van der Waals surface area (Å²) in [5.41, 5.74) is 6.63. The van der Waals surface area contributed by atoms with Crippen molar-refractivity contribution < 1.29 is 4.74 Å². The lowest BCUT2D eigenvalue weighted by Crippen LogP contribution is -2.13. The Morgan fingerprint density at radius 3 is 2.35 bits per heavy atom. The molecule has 0 aliphatic carbocycles. The van der Waals surface area contributed by atoms with Crippen LogP contribution in [0.15, 0.2) is 24.3 Å². The molecule has 0 saturated carbocycles. The molecule has 1 rings (SSSR count). The Balaban J connectivity index is 0.00000121. The maximum Gasteiger partial charge on any atom is 0.119 e. The summed E-state index contributed by atoms with van der Waals surface area (Å²) in [4.78, 5) is 0. The lowest BCUT2D eigenvalue weighted by Gasteiger charge is -2.06. The second kappa shape index (κ2) is 11.4. The van der Waals surface area contributed by atoms with Crippen molar-refractivity contribution in [1.29, 1.82) is 0 Å². The second-order valence-electron chi connectivity index (χ2n) is 3.46. The van der Waals surface area contributed by atoms with Gasteiger partial charge in [-0.15, -0.1) is 0 Å². The van der Waals surface area contributed by atoms with Gasteiger partial charge < -0.3 is 15.8 Å². The van der Waals surface area contributed by atoms with Gasteiger partial charge in [-0.05, 0) is 30.7 Å². The summed E-state index contributed by atoms with van der Waals surface area (Å²) in [5.74, 6) is 0.889. The smallest absolute Gasteiger partial charge is 0.119 e. The monoisotopic (exact) mass is 238 g/mol. The molecule has 0 spiro atoms. The van der Waals surface area contributed by atoms with E-state index in [0.29, 0.717) is 13.2 Å². The standard InChI is InChI=1S/C12H20N2O.C2H6/c1-2-8-14-10-11-3-5-12(6-4-11)15-9-7-13;1-2/h3-6,14H,2,7-10,13H2,1H3;1-2H3. The lowest BCUT2D eigenvalue weighted by molar-refractivity contribution is 0.328. The van der Waals surface area contributed by atoms with E-state index in [-0.39, 0.29) is 0 Å². The molecule has 0 aromatic heterocycles. The van der Waals surface area contributed by atoms with E-state index < -0.39 is 0 Å².